The molecule has 1 aromatic heterocycles. The first-order chi connectivity index (χ1) is 6.86. The van der Waals surface area contributed by atoms with E-state index in [1.165, 1.54) is 6.39 Å². The van der Waals surface area contributed by atoms with E-state index in [0.717, 1.165) is 27.6 Å². The second-order valence-electron chi connectivity index (χ2n) is 3.21. The van der Waals surface area contributed by atoms with E-state index in [-0.39, 0.29) is 0 Å². The summed E-state index contributed by atoms with van der Waals surface area (Å²) in [4.78, 5) is 4.08. The number of hydrogen-bond donors (Lipinski definition) is 1. The molecule has 0 bridgehead atoms. The summed E-state index contributed by atoms with van der Waals surface area (Å²) < 4.78 is 5.32. The Morgan fingerprint density at radius 3 is 2.79 bits per heavy atom. The average molecular weight is 184 g/mol. The predicted octanol–water partition coefficient (Wildman–Crippen LogP) is 2.56. The Bertz CT molecular complexity index is 613. The minimum atomic E-state index is 0.738. The Morgan fingerprint density at radius 2 is 1.93 bits per heavy atom. The Morgan fingerprint density at radius 1 is 1.14 bits per heavy atom. The van der Waals surface area contributed by atoms with E-state index in [1.807, 2.05) is 30.3 Å². The van der Waals surface area contributed by atoms with Crippen molar-refractivity contribution < 1.29 is 4.42 Å². The van der Waals surface area contributed by atoms with Crippen molar-refractivity contribution in [2.45, 2.75) is 0 Å². The summed E-state index contributed by atoms with van der Waals surface area (Å²) in [6.07, 6.45) is 1.44. The van der Waals surface area contributed by atoms with Crippen molar-refractivity contribution in [3.63, 3.8) is 0 Å². The zero-order valence-corrected chi connectivity index (χ0v) is 7.40. The summed E-state index contributed by atoms with van der Waals surface area (Å²) in [7, 11) is 0. The third-order valence-electron chi connectivity index (χ3n) is 2.37. The van der Waals surface area contributed by atoms with E-state index in [1.54, 1.807) is 0 Å². The topological polar surface area (TPSA) is 52.0 Å². The van der Waals surface area contributed by atoms with Gasteiger partial charge in [-0.05, 0) is 6.07 Å². The highest BCUT2D eigenvalue weighted by Gasteiger charge is 2.06. The monoisotopic (exact) mass is 184 g/mol. The maximum absolute atomic E-state index is 5.90. The zero-order valence-electron chi connectivity index (χ0n) is 7.40. The molecule has 2 N–H and O–H groups in total. The van der Waals surface area contributed by atoms with Crippen molar-refractivity contribution in [1.82, 2.24) is 4.98 Å². The fourth-order valence-corrected chi connectivity index (χ4v) is 1.72. The molecule has 1 heterocycles. The number of aromatic nitrogens is 1. The van der Waals surface area contributed by atoms with Gasteiger partial charge in [-0.1, -0.05) is 24.3 Å². The predicted molar refractivity (Wildman–Crippen MR) is 55.9 cm³/mol. The maximum Gasteiger partial charge on any atom is 0.182 e. The van der Waals surface area contributed by atoms with Gasteiger partial charge in [0.2, 0.25) is 0 Å². The molecule has 0 aliphatic heterocycles. The first kappa shape index (κ1) is 7.38. The Kier molecular flexibility index (Phi) is 1.31. The van der Waals surface area contributed by atoms with Crippen molar-refractivity contribution in [2.24, 2.45) is 0 Å². The van der Waals surface area contributed by atoms with Gasteiger partial charge in [-0.3, -0.25) is 0 Å². The van der Waals surface area contributed by atoms with E-state index in [4.69, 9.17) is 10.2 Å². The maximum atomic E-state index is 5.90. The van der Waals surface area contributed by atoms with Crippen LogP contribution in [0.15, 0.2) is 41.1 Å². The highest BCUT2D eigenvalue weighted by molar-refractivity contribution is 6.08. The highest BCUT2D eigenvalue weighted by Crippen LogP contribution is 2.29. The van der Waals surface area contributed by atoms with Crippen LogP contribution in [-0.4, -0.2) is 4.98 Å². The Labute approximate surface area is 80.1 Å². The summed E-state index contributed by atoms with van der Waals surface area (Å²) in [6, 6.07) is 9.72. The van der Waals surface area contributed by atoms with Crippen LogP contribution in [0, 0.1) is 0 Å². The molecular weight excluding hydrogens is 176 g/mol. The second kappa shape index (κ2) is 2.48. The standard InChI is InChI=1S/C11H8N2O/c12-9-5-10-11(14-6-13-10)8-4-2-1-3-7(8)9/h1-6H,12H2. The molecule has 3 heteroatoms. The molecule has 0 saturated heterocycles. The zero-order chi connectivity index (χ0) is 9.54. The lowest BCUT2D eigenvalue weighted by molar-refractivity contribution is 0.605. The Hall–Kier alpha value is -2.03. The van der Waals surface area contributed by atoms with Crippen LogP contribution in [0.25, 0.3) is 21.9 Å². The quantitative estimate of drug-likeness (QED) is 0.546. The van der Waals surface area contributed by atoms with Gasteiger partial charge in [0, 0.05) is 16.5 Å². The second-order valence-corrected chi connectivity index (χ2v) is 3.21. The smallest absolute Gasteiger partial charge is 0.182 e. The molecular formula is C11H8N2O. The van der Waals surface area contributed by atoms with Gasteiger partial charge < -0.3 is 10.2 Å². The average Bonchev–Trinajstić information content (AvgIpc) is 2.66. The Balaban J connectivity index is 2.67. The number of hydrogen-bond acceptors (Lipinski definition) is 3. The van der Waals surface area contributed by atoms with Gasteiger partial charge in [-0.2, -0.15) is 0 Å². The molecule has 0 aliphatic rings. The van der Waals surface area contributed by atoms with Gasteiger partial charge in [0.1, 0.15) is 5.52 Å². The van der Waals surface area contributed by atoms with Crippen molar-refractivity contribution in [3.05, 3.63) is 36.7 Å². The van der Waals surface area contributed by atoms with Crippen LogP contribution in [0.2, 0.25) is 0 Å². The normalized spacial score (nSPS) is 11.1. The molecule has 3 aromatic rings. The summed E-state index contributed by atoms with van der Waals surface area (Å²) in [5, 5.41) is 2.02. The van der Waals surface area contributed by atoms with Crippen LogP contribution >= 0.6 is 0 Å². The number of benzene rings is 2. The molecule has 0 amide bonds. The van der Waals surface area contributed by atoms with Crippen molar-refractivity contribution in [1.29, 1.82) is 0 Å². The molecule has 68 valence electrons. The van der Waals surface area contributed by atoms with Crippen molar-refractivity contribution >= 4 is 27.6 Å². The summed E-state index contributed by atoms with van der Waals surface area (Å²) >= 11 is 0. The summed E-state index contributed by atoms with van der Waals surface area (Å²) in [5.41, 5.74) is 8.25. The number of rotatable bonds is 0. The lowest BCUT2D eigenvalue weighted by Crippen LogP contribution is -1.86. The third-order valence-corrected chi connectivity index (χ3v) is 2.37. The van der Waals surface area contributed by atoms with E-state index in [2.05, 4.69) is 4.98 Å². The summed E-state index contributed by atoms with van der Waals surface area (Å²) in [5.74, 6) is 0. The fraction of sp³-hybridized carbons (Fsp3) is 0. The summed E-state index contributed by atoms with van der Waals surface area (Å²) in [6.45, 7) is 0. The molecule has 0 unspecified atom stereocenters. The van der Waals surface area contributed by atoms with Crippen molar-refractivity contribution in [3.8, 4) is 0 Å². The van der Waals surface area contributed by atoms with E-state index < -0.39 is 0 Å². The minimum Gasteiger partial charge on any atom is -0.443 e. The number of fused-ring (bicyclic) bond motifs is 3. The van der Waals surface area contributed by atoms with Crippen LogP contribution in [0.5, 0.6) is 0 Å². The van der Waals surface area contributed by atoms with Crippen LogP contribution < -0.4 is 5.73 Å². The molecule has 0 fully saturated rings. The largest absolute Gasteiger partial charge is 0.443 e. The lowest BCUT2D eigenvalue weighted by atomic mass is 10.1. The van der Waals surface area contributed by atoms with Gasteiger partial charge >= 0.3 is 0 Å². The molecule has 0 spiro atoms. The highest BCUT2D eigenvalue weighted by atomic mass is 16.3. The molecule has 0 atom stereocenters. The number of nitrogens with zero attached hydrogens (tertiary/aromatic N) is 1. The number of oxazole rings is 1. The fourth-order valence-electron chi connectivity index (χ4n) is 1.72. The lowest BCUT2D eigenvalue weighted by Gasteiger charge is -2.00. The van der Waals surface area contributed by atoms with E-state index in [9.17, 15) is 0 Å². The van der Waals surface area contributed by atoms with Gasteiger partial charge in [0.05, 0.1) is 0 Å². The molecule has 0 aliphatic carbocycles. The molecule has 3 nitrogen and oxygen atoms in total. The first-order valence-corrected chi connectivity index (χ1v) is 4.37. The number of nitrogen functional groups attached to an aromatic ring is 1. The molecule has 3 rings (SSSR count). The van der Waals surface area contributed by atoms with Gasteiger partial charge in [-0.15, -0.1) is 0 Å². The van der Waals surface area contributed by atoms with Gasteiger partial charge in [-0.25, -0.2) is 4.98 Å². The van der Waals surface area contributed by atoms with Crippen LogP contribution in [0.4, 0.5) is 5.69 Å². The molecule has 2 aromatic carbocycles. The number of nitrogens with two attached hydrogens (primary N) is 1. The van der Waals surface area contributed by atoms with Crippen LogP contribution in [-0.2, 0) is 0 Å². The van der Waals surface area contributed by atoms with Crippen LogP contribution in [0.1, 0.15) is 0 Å². The minimum absolute atomic E-state index is 0.738. The van der Waals surface area contributed by atoms with E-state index in [0.29, 0.717) is 0 Å². The molecule has 14 heavy (non-hydrogen) atoms. The van der Waals surface area contributed by atoms with Crippen molar-refractivity contribution in [2.75, 3.05) is 5.73 Å². The van der Waals surface area contributed by atoms with Gasteiger partial charge in [0.15, 0.2) is 12.0 Å². The number of anilines is 1. The van der Waals surface area contributed by atoms with E-state index >= 15 is 0 Å². The first-order valence-electron chi connectivity index (χ1n) is 4.37. The molecule has 0 saturated carbocycles. The van der Waals surface area contributed by atoms with Crippen LogP contribution in [0.3, 0.4) is 0 Å². The molecule has 0 radical (unpaired) electrons. The van der Waals surface area contributed by atoms with Gasteiger partial charge in [0.25, 0.3) is 0 Å². The SMILES string of the molecule is Nc1cc2ncoc2c2ccccc12. The third kappa shape index (κ3) is 0.836.